The van der Waals surface area contributed by atoms with E-state index >= 15 is 0 Å². The molecule has 0 saturated carbocycles. The third-order valence-corrected chi connectivity index (χ3v) is 3.40. The maximum absolute atomic E-state index is 4.17. The third kappa shape index (κ3) is 3.01. The maximum atomic E-state index is 4.17. The van der Waals surface area contributed by atoms with E-state index in [9.17, 15) is 0 Å². The van der Waals surface area contributed by atoms with Crippen LogP contribution in [0.2, 0.25) is 0 Å². The summed E-state index contributed by atoms with van der Waals surface area (Å²) in [5, 5.41) is 11.5. The summed E-state index contributed by atoms with van der Waals surface area (Å²) in [5.41, 5.74) is 4.51. The van der Waals surface area contributed by atoms with Crippen LogP contribution in [-0.2, 0) is 6.54 Å². The average molecular weight is 278 g/mol. The number of aromatic nitrogens is 3. The van der Waals surface area contributed by atoms with Crippen molar-refractivity contribution in [2.24, 2.45) is 0 Å². The van der Waals surface area contributed by atoms with Crippen LogP contribution in [0, 0.1) is 0 Å². The summed E-state index contributed by atoms with van der Waals surface area (Å²) >= 11 is 0. The fourth-order valence-corrected chi connectivity index (χ4v) is 2.27. The Labute approximate surface area is 124 Å². The zero-order chi connectivity index (χ0) is 14.5. The molecule has 3 aromatic rings. The highest BCUT2D eigenvalue weighted by molar-refractivity contribution is 5.64. The first-order valence-electron chi connectivity index (χ1n) is 7.14. The first-order chi connectivity index (χ1) is 10.4. The fraction of sp³-hybridized carbons (Fsp3) is 0.176. The number of nitrogens with zero attached hydrogens (tertiary/aromatic N) is 3. The maximum Gasteiger partial charge on any atom is 0.0783 e. The molecule has 0 atom stereocenters. The molecule has 0 aliphatic carbocycles. The topological polar surface area (TPSA) is 42.7 Å². The number of hydrogen-bond donors (Lipinski definition) is 1. The standard InChI is InChI=1S/C17H18N4/c1-2-18-12-17-13-19-20-21(17)16-10-8-15(9-11-16)14-6-4-3-5-7-14/h3-11,13,18H,2,12H2,1H3. The molecule has 21 heavy (non-hydrogen) atoms. The highest BCUT2D eigenvalue weighted by Crippen LogP contribution is 2.20. The Bertz CT molecular complexity index is 686. The van der Waals surface area contributed by atoms with Gasteiger partial charge in [0, 0.05) is 6.54 Å². The molecule has 0 saturated heterocycles. The first-order valence-corrected chi connectivity index (χ1v) is 7.14. The van der Waals surface area contributed by atoms with Gasteiger partial charge in [-0.15, -0.1) is 5.10 Å². The second kappa shape index (κ2) is 6.33. The van der Waals surface area contributed by atoms with Gasteiger partial charge in [-0.05, 0) is 29.8 Å². The van der Waals surface area contributed by atoms with Gasteiger partial charge >= 0.3 is 0 Å². The summed E-state index contributed by atoms with van der Waals surface area (Å²) in [7, 11) is 0. The van der Waals surface area contributed by atoms with E-state index in [0.717, 1.165) is 24.5 Å². The molecular formula is C17H18N4. The Hall–Kier alpha value is -2.46. The predicted octanol–water partition coefficient (Wildman–Crippen LogP) is 3.04. The van der Waals surface area contributed by atoms with E-state index < -0.39 is 0 Å². The third-order valence-electron chi connectivity index (χ3n) is 3.40. The van der Waals surface area contributed by atoms with Crippen LogP contribution in [0.5, 0.6) is 0 Å². The second-order valence-corrected chi connectivity index (χ2v) is 4.83. The summed E-state index contributed by atoms with van der Waals surface area (Å²) in [4.78, 5) is 0. The van der Waals surface area contributed by atoms with Crippen LogP contribution in [0.15, 0.2) is 60.8 Å². The molecule has 1 heterocycles. The van der Waals surface area contributed by atoms with Crippen LogP contribution in [0.4, 0.5) is 0 Å². The highest BCUT2D eigenvalue weighted by atomic mass is 15.4. The Morgan fingerprint density at radius 2 is 1.67 bits per heavy atom. The lowest BCUT2D eigenvalue weighted by Gasteiger charge is -2.08. The molecule has 4 heteroatoms. The van der Waals surface area contributed by atoms with Gasteiger partial charge in [-0.2, -0.15) is 0 Å². The number of rotatable bonds is 5. The normalized spacial score (nSPS) is 10.7. The van der Waals surface area contributed by atoms with Crippen molar-refractivity contribution >= 4 is 0 Å². The lowest BCUT2D eigenvalue weighted by Crippen LogP contribution is -2.15. The summed E-state index contributed by atoms with van der Waals surface area (Å²) in [6, 6.07) is 18.7. The van der Waals surface area contributed by atoms with Gasteiger partial charge in [0.2, 0.25) is 0 Å². The monoisotopic (exact) mass is 278 g/mol. The van der Waals surface area contributed by atoms with Crippen molar-refractivity contribution in [2.75, 3.05) is 6.54 Å². The van der Waals surface area contributed by atoms with Crippen molar-refractivity contribution in [3.05, 3.63) is 66.5 Å². The molecule has 0 amide bonds. The van der Waals surface area contributed by atoms with Crippen molar-refractivity contribution < 1.29 is 0 Å². The molecule has 1 N–H and O–H groups in total. The van der Waals surface area contributed by atoms with Gasteiger partial charge in [-0.1, -0.05) is 54.6 Å². The van der Waals surface area contributed by atoms with E-state index in [4.69, 9.17) is 0 Å². The molecular weight excluding hydrogens is 260 g/mol. The zero-order valence-corrected chi connectivity index (χ0v) is 12.0. The summed E-state index contributed by atoms with van der Waals surface area (Å²) in [5.74, 6) is 0. The Kier molecular flexibility index (Phi) is 4.07. The van der Waals surface area contributed by atoms with Crippen LogP contribution < -0.4 is 5.32 Å². The van der Waals surface area contributed by atoms with Crippen LogP contribution in [0.25, 0.3) is 16.8 Å². The molecule has 1 aromatic heterocycles. The first kappa shape index (κ1) is 13.5. The second-order valence-electron chi connectivity index (χ2n) is 4.83. The Balaban J connectivity index is 1.86. The van der Waals surface area contributed by atoms with E-state index in [1.54, 1.807) is 6.20 Å². The molecule has 0 aliphatic heterocycles. The van der Waals surface area contributed by atoms with Gasteiger partial charge in [-0.3, -0.25) is 0 Å². The predicted molar refractivity (Wildman–Crippen MR) is 84.2 cm³/mol. The van der Waals surface area contributed by atoms with Crippen molar-refractivity contribution in [1.82, 2.24) is 20.3 Å². The molecule has 0 unspecified atom stereocenters. The van der Waals surface area contributed by atoms with E-state index in [2.05, 4.69) is 71.1 Å². The fourth-order valence-electron chi connectivity index (χ4n) is 2.27. The molecule has 3 rings (SSSR count). The van der Waals surface area contributed by atoms with E-state index in [0.29, 0.717) is 0 Å². The summed E-state index contributed by atoms with van der Waals surface area (Å²) < 4.78 is 1.87. The Morgan fingerprint density at radius 1 is 0.952 bits per heavy atom. The minimum atomic E-state index is 0.768. The Morgan fingerprint density at radius 3 is 2.38 bits per heavy atom. The van der Waals surface area contributed by atoms with Gasteiger partial charge in [0.05, 0.1) is 17.6 Å². The molecule has 0 fully saturated rings. The lowest BCUT2D eigenvalue weighted by atomic mass is 10.1. The molecule has 2 aromatic carbocycles. The largest absolute Gasteiger partial charge is 0.311 e. The molecule has 0 spiro atoms. The van der Waals surface area contributed by atoms with Crippen LogP contribution in [0.1, 0.15) is 12.6 Å². The number of hydrogen-bond acceptors (Lipinski definition) is 3. The van der Waals surface area contributed by atoms with Crippen molar-refractivity contribution in [2.45, 2.75) is 13.5 Å². The van der Waals surface area contributed by atoms with E-state index in [1.807, 2.05) is 10.7 Å². The van der Waals surface area contributed by atoms with Gasteiger partial charge < -0.3 is 5.32 Å². The minimum absolute atomic E-state index is 0.768. The van der Waals surface area contributed by atoms with Crippen molar-refractivity contribution in [3.8, 4) is 16.8 Å². The van der Waals surface area contributed by atoms with E-state index in [-0.39, 0.29) is 0 Å². The average Bonchev–Trinajstić information content (AvgIpc) is 3.02. The molecule has 4 nitrogen and oxygen atoms in total. The van der Waals surface area contributed by atoms with Crippen LogP contribution >= 0.6 is 0 Å². The molecule has 106 valence electrons. The van der Waals surface area contributed by atoms with Crippen molar-refractivity contribution in [3.63, 3.8) is 0 Å². The molecule has 0 radical (unpaired) electrons. The molecule has 0 aliphatic rings. The zero-order valence-electron chi connectivity index (χ0n) is 12.0. The van der Waals surface area contributed by atoms with E-state index in [1.165, 1.54) is 11.1 Å². The van der Waals surface area contributed by atoms with Gasteiger partial charge in [0.15, 0.2) is 0 Å². The smallest absolute Gasteiger partial charge is 0.0783 e. The minimum Gasteiger partial charge on any atom is -0.311 e. The SMILES string of the molecule is CCNCc1cnnn1-c1ccc(-c2ccccc2)cc1. The highest BCUT2D eigenvalue weighted by Gasteiger charge is 2.06. The molecule has 0 bridgehead atoms. The lowest BCUT2D eigenvalue weighted by molar-refractivity contribution is 0.672. The summed E-state index contributed by atoms with van der Waals surface area (Å²) in [6.45, 7) is 3.78. The van der Waals surface area contributed by atoms with Crippen LogP contribution in [-0.4, -0.2) is 21.5 Å². The van der Waals surface area contributed by atoms with Crippen LogP contribution in [0.3, 0.4) is 0 Å². The number of benzene rings is 2. The van der Waals surface area contributed by atoms with Gasteiger partial charge in [0.25, 0.3) is 0 Å². The summed E-state index contributed by atoms with van der Waals surface area (Å²) in [6.07, 6.45) is 1.80. The quantitative estimate of drug-likeness (QED) is 0.780. The van der Waals surface area contributed by atoms with Gasteiger partial charge in [0.1, 0.15) is 0 Å². The number of nitrogens with one attached hydrogen (secondary N) is 1. The van der Waals surface area contributed by atoms with Crippen molar-refractivity contribution in [1.29, 1.82) is 0 Å². The van der Waals surface area contributed by atoms with Gasteiger partial charge in [-0.25, -0.2) is 4.68 Å².